The third kappa shape index (κ3) is 3.32. The number of benzene rings is 1. The van der Waals surface area contributed by atoms with Gasteiger partial charge in [0.15, 0.2) is 0 Å². The van der Waals surface area contributed by atoms with E-state index in [1.54, 1.807) is 6.08 Å². The van der Waals surface area contributed by atoms with Gasteiger partial charge in [0, 0.05) is 25.6 Å². The summed E-state index contributed by atoms with van der Waals surface area (Å²) in [7, 11) is 0. The van der Waals surface area contributed by atoms with Crippen LogP contribution in [0.1, 0.15) is 5.56 Å². The van der Waals surface area contributed by atoms with Crippen molar-refractivity contribution in [1.29, 1.82) is 0 Å². The molecule has 2 N–H and O–H groups in total. The molecule has 1 aliphatic heterocycles. The Bertz CT molecular complexity index is 403. The summed E-state index contributed by atoms with van der Waals surface area (Å²) in [5.74, 6) is 0.0386. The molecular formula is C13H15NO3. The monoisotopic (exact) mass is 233 g/mol. The lowest BCUT2D eigenvalue weighted by molar-refractivity contribution is -0.131. The van der Waals surface area contributed by atoms with Gasteiger partial charge in [-0.3, -0.25) is 0 Å². The van der Waals surface area contributed by atoms with Gasteiger partial charge < -0.3 is 15.2 Å². The molecule has 90 valence electrons. The van der Waals surface area contributed by atoms with Crippen LogP contribution in [0, 0.1) is 0 Å². The van der Waals surface area contributed by atoms with Gasteiger partial charge in [0.1, 0.15) is 11.9 Å². The van der Waals surface area contributed by atoms with Crippen molar-refractivity contribution in [3.8, 4) is 5.75 Å². The first-order valence-corrected chi connectivity index (χ1v) is 5.60. The molecule has 1 unspecified atom stereocenters. The zero-order valence-electron chi connectivity index (χ0n) is 9.43. The number of rotatable bonds is 5. The van der Waals surface area contributed by atoms with Crippen LogP contribution >= 0.6 is 0 Å². The predicted molar refractivity (Wildman–Crippen MR) is 64.2 cm³/mol. The highest BCUT2D eigenvalue weighted by molar-refractivity contribution is 5.79. The van der Waals surface area contributed by atoms with Gasteiger partial charge in [-0.2, -0.15) is 0 Å². The number of nitrogens with one attached hydrogen (secondary N) is 1. The second-order valence-electron chi connectivity index (χ2n) is 3.95. The summed E-state index contributed by atoms with van der Waals surface area (Å²) in [6.07, 6.45) is 3.78. The summed E-state index contributed by atoms with van der Waals surface area (Å²) >= 11 is 0. The summed E-state index contributed by atoms with van der Waals surface area (Å²) in [5.41, 5.74) is 1.24. The quantitative estimate of drug-likeness (QED) is 0.593. The minimum absolute atomic E-state index is 0.144. The van der Waals surface area contributed by atoms with E-state index in [0.717, 1.165) is 24.8 Å². The largest absolute Gasteiger partial charge is 0.488 e. The maximum atomic E-state index is 10.2. The van der Waals surface area contributed by atoms with Crippen molar-refractivity contribution in [2.75, 3.05) is 13.1 Å². The average Bonchev–Trinajstić information content (AvgIpc) is 2.70. The molecule has 0 amide bonds. The molecule has 0 aliphatic carbocycles. The van der Waals surface area contributed by atoms with Crippen LogP contribution in [0.15, 0.2) is 36.4 Å². The van der Waals surface area contributed by atoms with E-state index in [1.807, 2.05) is 18.2 Å². The SMILES string of the molecule is O=C(O)/C=C/CNCC1Cc2ccccc2O1. The maximum absolute atomic E-state index is 10.2. The molecule has 0 radical (unpaired) electrons. The fraction of sp³-hybridized carbons (Fsp3) is 0.308. The van der Waals surface area contributed by atoms with Gasteiger partial charge in [-0.15, -0.1) is 0 Å². The molecule has 1 aromatic rings. The molecule has 1 heterocycles. The molecule has 4 heteroatoms. The second kappa shape index (κ2) is 5.50. The number of fused-ring (bicyclic) bond motifs is 1. The molecule has 17 heavy (non-hydrogen) atoms. The summed E-state index contributed by atoms with van der Waals surface area (Å²) in [4.78, 5) is 10.2. The highest BCUT2D eigenvalue weighted by Gasteiger charge is 2.21. The first-order valence-electron chi connectivity index (χ1n) is 5.60. The Morgan fingerprint density at radius 3 is 3.12 bits per heavy atom. The van der Waals surface area contributed by atoms with Crippen molar-refractivity contribution in [3.63, 3.8) is 0 Å². The molecule has 0 spiro atoms. The molecule has 2 rings (SSSR count). The normalized spacial score (nSPS) is 18.0. The average molecular weight is 233 g/mol. The maximum Gasteiger partial charge on any atom is 0.328 e. The van der Waals surface area contributed by atoms with Gasteiger partial charge in [-0.05, 0) is 11.6 Å². The number of carboxylic acids is 1. The Balaban J connectivity index is 1.72. The Kier molecular flexibility index (Phi) is 3.77. The number of hydrogen-bond acceptors (Lipinski definition) is 3. The van der Waals surface area contributed by atoms with Gasteiger partial charge in [0.2, 0.25) is 0 Å². The minimum Gasteiger partial charge on any atom is -0.488 e. The molecule has 1 aliphatic rings. The third-order valence-electron chi connectivity index (χ3n) is 2.61. The second-order valence-corrected chi connectivity index (χ2v) is 3.95. The third-order valence-corrected chi connectivity index (χ3v) is 2.61. The van der Waals surface area contributed by atoms with Crippen molar-refractivity contribution in [2.24, 2.45) is 0 Å². The molecule has 0 aromatic heterocycles. The Hall–Kier alpha value is -1.81. The number of carbonyl (C=O) groups is 1. The number of para-hydroxylation sites is 1. The van der Waals surface area contributed by atoms with E-state index in [0.29, 0.717) is 6.54 Å². The topological polar surface area (TPSA) is 58.6 Å². The molecule has 0 saturated heterocycles. The first kappa shape index (κ1) is 11.7. The summed E-state index contributed by atoms with van der Waals surface area (Å²) in [6.45, 7) is 1.27. The number of hydrogen-bond donors (Lipinski definition) is 2. The van der Waals surface area contributed by atoms with Crippen molar-refractivity contribution < 1.29 is 14.6 Å². The Labute approximate surface area is 99.9 Å². The van der Waals surface area contributed by atoms with E-state index in [1.165, 1.54) is 5.56 Å². The van der Waals surface area contributed by atoms with Crippen molar-refractivity contribution in [2.45, 2.75) is 12.5 Å². The Morgan fingerprint density at radius 2 is 2.35 bits per heavy atom. The van der Waals surface area contributed by atoms with Gasteiger partial charge in [0.05, 0.1) is 0 Å². The number of ether oxygens (including phenoxy) is 1. The summed E-state index contributed by atoms with van der Waals surface area (Å²) < 4.78 is 5.73. The van der Waals surface area contributed by atoms with Gasteiger partial charge in [0.25, 0.3) is 0 Å². The zero-order valence-corrected chi connectivity index (χ0v) is 9.43. The van der Waals surface area contributed by atoms with Crippen LogP contribution in [0.25, 0.3) is 0 Å². The molecule has 1 aromatic carbocycles. The van der Waals surface area contributed by atoms with E-state index in [9.17, 15) is 4.79 Å². The fourth-order valence-corrected chi connectivity index (χ4v) is 1.86. The molecule has 0 saturated carbocycles. The molecular weight excluding hydrogens is 218 g/mol. The Morgan fingerprint density at radius 1 is 1.53 bits per heavy atom. The number of aliphatic carboxylic acids is 1. The molecule has 1 atom stereocenters. The van der Waals surface area contributed by atoms with Crippen LogP contribution in [0.4, 0.5) is 0 Å². The van der Waals surface area contributed by atoms with Crippen LogP contribution in [-0.4, -0.2) is 30.3 Å². The molecule has 0 fully saturated rings. The lowest BCUT2D eigenvalue weighted by Gasteiger charge is -2.10. The first-order chi connectivity index (χ1) is 8.25. The lowest BCUT2D eigenvalue weighted by atomic mass is 10.1. The zero-order chi connectivity index (χ0) is 12.1. The van der Waals surface area contributed by atoms with E-state index in [-0.39, 0.29) is 6.10 Å². The van der Waals surface area contributed by atoms with Gasteiger partial charge >= 0.3 is 5.97 Å². The van der Waals surface area contributed by atoms with Gasteiger partial charge in [-0.1, -0.05) is 24.3 Å². The fourth-order valence-electron chi connectivity index (χ4n) is 1.86. The smallest absolute Gasteiger partial charge is 0.328 e. The van der Waals surface area contributed by atoms with Crippen LogP contribution in [-0.2, 0) is 11.2 Å². The molecule has 4 nitrogen and oxygen atoms in total. The summed E-state index contributed by atoms with van der Waals surface area (Å²) in [6, 6.07) is 8.01. The molecule has 0 bridgehead atoms. The minimum atomic E-state index is -0.920. The van der Waals surface area contributed by atoms with E-state index in [4.69, 9.17) is 9.84 Å². The summed E-state index contributed by atoms with van der Waals surface area (Å²) in [5, 5.41) is 11.5. The lowest BCUT2D eigenvalue weighted by Crippen LogP contribution is -2.30. The van der Waals surface area contributed by atoms with E-state index >= 15 is 0 Å². The van der Waals surface area contributed by atoms with Crippen molar-refractivity contribution >= 4 is 5.97 Å². The van der Waals surface area contributed by atoms with Crippen LogP contribution in [0.2, 0.25) is 0 Å². The van der Waals surface area contributed by atoms with E-state index in [2.05, 4.69) is 11.4 Å². The van der Waals surface area contributed by atoms with Crippen LogP contribution < -0.4 is 10.1 Å². The van der Waals surface area contributed by atoms with E-state index < -0.39 is 5.97 Å². The number of carboxylic acid groups (broad SMARTS) is 1. The highest BCUT2D eigenvalue weighted by Crippen LogP contribution is 2.27. The van der Waals surface area contributed by atoms with Gasteiger partial charge in [-0.25, -0.2) is 4.79 Å². The van der Waals surface area contributed by atoms with Crippen molar-refractivity contribution in [1.82, 2.24) is 5.32 Å². The van der Waals surface area contributed by atoms with Crippen molar-refractivity contribution in [3.05, 3.63) is 42.0 Å². The van der Waals surface area contributed by atoms with Crippen LogP contribution in [0.5, 0.6) is 5.75 Å². The highest BCUT2D eigenvalue weighted by atomic mass is 16.5. The van der Waals surface area contributed by atoms with Crippen LogP contribution in [0.3, 0.4) is 0 Å². The predicted octanol–water partition coefficient (Wildman–Crippen LogP) is 1.22. The standard InChI is InChI=1S/C13H15NO3/c15-13(16)6-3-7-14-9-11-8-10-4-1-2-5-12(10)17-11/h1-6,11,14H,7-9H2,(H,15,16)/b6-3+.